The van der Waals surface area contributed by atoms with Gasteiger partial charge in [0.15, 0.2) is 0 Å². The minimum atomic E-state index is -0.305. The van der Waals surface area contributed by atoms with Gasteiger partial charge >= 0.3 is 0 Å². The fraction of sp³-hybridized carbons (Fsp3) is 0.529. The van der Waals surface area contributed by atoms with Gasteiger partial charge in [0.05, 0.1) is 11.4 Å². The first-order valence-corrected chi connectivity index (χ1v) is 7.94. The molecule has 0 spiro atoms. The fourth-order valence-electron chi connectivity index (χ4n) is 3.15. The molecule has 0 bridgehead atoms. The number of anilines is 2. The lowest BCUT2D eigenvalue weighted by molar-refractivity contribution is -0.130. The molecule has 2 aliphatic heterocycles. The molecule has 0 saturated carbocycles. The van der Waals surface area contributed by atoms with E-state index in [4.69, 9.17) is 0 Å². The number of hydrogen-bond donors (Lipinski definition) is 1. The second-order valence-corrected chi connectivity index (χ2v) is 6.33. The summed E-state index contributed by atoms with van der Waals surface area (Å²) in [5.41, 5.74) is 4.06. The standard InChI is InChI=1S/C17H23N3O2/c1-11-8-14-15(9-12(11)2)20(17(22)13(3)18-14)10-16(21)19-6-4-5-7-19/h8-9,13,18H,4-7,10H2,1-3H3. The molecule has 1 atom stereocenters. The maximum atomic E-state index is 12.5. The SMILES string of the molecule is Cc1cc2c(cc1C)N(CC(=O)N1CCCC1)C(=O)C(C)N2. The minimum absolute atomic E-state index is 0.0386. The van der Waals surface area contributed by atoms with E-state index in [1.807, 2.05) is 24.8 Å². The molecule has 2 aliphatic rings. The number of fused-ring (bicyclic) bond motifs is 1. The molecule has 5 heteroatoms. The first-order chi connectivity index (χ1) is 10.5. The first-order valence-electron chi connectivity index (χ1n) is 7.94. The Bertz CT molecular complexity index is 621. The average Bonchev–Trinajstić information content (AvgIpc) is 3.00. The Morgan fingerprint density at radius 1 is 1.23 bits per heavy atom. The molecule has 1 aromatic rings. The number of nitrogens with zero attached hydrogens (tertiary/aromatic N) is 2. The van der Waals surface area contributed by atoms with Gasteiger partial charge in [0.2, 0.25) is 11.8 Å². The maximum absolute atomic E-state index is 12.5. The number of rotatable bonds is 2. The zero-order valence-corrected chi connectivity index (χ0v) is 13.5. The van der Waals surface area contributed by atoms with Gasteiger partial charge in [-0.25, -0.2) is 0 Å². The van der Waals surface area contributed by atoms with E-state index in [1.165, 1.54) is 5.56 Å². The van der Waals surface area contributed by atoms with Crippen molar-refractivity contribution in [2.75, 3.05) is 29.9 Å². The number of hydrogen-bond acceptors (Lipinski definition) is 3. The van der Waals surface area contributed by atoms with Crippen LogP contribution in [0, 0.1) is 13.8 Å². The van der Waals surface area contributed by atoms with Crippen LogP contribution in [0.1, 0.15) is 30.9 Å². The van der Waals surface area contributed by atoms with E-state index in [-0.39, 0.29) is 24.4 Å². The highest BCUT2D eigenvalue weighted by molar-refractivity contribution is 6.07. The van der Waals surface area contributed by atoms with Crippen LogP contribution in [0.15, 0.2) is 12.1 Å². The van der Waals surface area contributed by atoms with E-state index < -0.39 is 0 Å². The molecule has 1 fully saturated rings. The lowest BCUT2D eigenvalue weighted by Gasteiger charge is -2.35. The van der Waals surface area contributed by atoms with Crippen molar-refractivity contribution in [2.45, 2.75) is 39.7 Å². The number of likely N-dealkylation sites (tertiary alicyclic amines) is 1. The highest BCUT2D eigenvalue weighted by atomic mass is 16.2. The van der Waals surface area contributed by atoms with Gasteiger partial charge in [-0.1, -0.05) is 0 Å². The number of benzene rings is 1. The van der Waals surface area contributed by atoms with Gasteiger partial charge in [-0.05, 0) is 56.9 Å². The molecule has 3 rings (SSSR count). The van der Waals surface area contributed by atoms with E-state index >= 15 is 0 Å². The summed E-state index contributed by atoms with van der Waals surface area (Å²) in [6.45, 7) is 7.69. The van der Waals surface area contributed by atoms with E-state index in [0.717, 1.165) is 42.9 Å². The second kappa shape index (κ2) is 5.63. The van der Waals surface area contributed by atoms with Gasteiger partial charge < -0.3 is 10.2 Å². The predicted octanol–water partition coefficient (Wildman–Crippen LogP) is 2.07. The first kappa shape index (κ1) is 14.9. The molecule has 1 aromatic carbocycles. The molecular weight excluding hydrogens is 278 g/mol. The number of amides is 2. The van der Waals surface area contributed by atoms with Gasteiger partial charge in [-0.3, -0.25) is 14.5 Å². The number of carbonyl (C=O) groups is 2. The zero-order valence-electron chi connectivity index (χ0n) is 13.5. The monoisotopic (exact) mass is 301 g/mol. The molecular formula is C17H23N3O2. The molecule has 1 saturated heterocycles. The number of aryl methyl sites for hydroxylation is 2. The van der Waals surface area contributed by atoms with Crippen LogP contribution in [-0.4, -0.2) is 42.4 Å². The van der Waals surface area contributed by atoms with Crippen molar-refractivity contribution in [2.24, 2.45) is 0 Å². The third kappa shape index (κ3) is 2.56. The van der Waals surface area contributed by atoms with Crippen molar-refractivity contribution in [3.8, 4) is 0 Å². The van der Waals surface area contributed by atoms with Gasteiger partial charge in [-0.2, -0.15) is 0 Å². The summed E-state index contributed by atoms with van der Waals surface area (Å²) in [5.74, 6) is 0.00688. The van der Waals surface area contributed by atoms with Crippen molar-refractivity contribution < 1.29 is 9.59 Å². The van der Waals surface area contributed by atoms with Gasteiger partial charge in [-0.15, -0.1) is 0 Å². The summed E-state index contributed by atoms with van der Waals surface area (Å²) in [6.07, 6.45) is 2.12. The average molecular weight is 301 g/mol. The van der Waals surface area contributed by atoms with Crippen LogP contribution in [0.5, 0.6) is 0 Å². The third-order valence-electron chi connectivity index (χ3n) is 4.66. The quantitative estimate of drug-likeness (QED) is 0.910. The smallest absolute Gasteiger partial charge is 0.249 e. The van der Waals surface area contributed by atoms with Crippen LogP contribution >= 0.6 is 0 Å². The van der Waals surface area contributed by atoms with E-state index in [2.05, 4.69) is 18.3 Å². The zero-order chi connectivity index (χ0) is 15.9. The van der Waals surface area contributed by atoms with E-state index in [1.54, 1.807) is 4.90 Å². The number of nitrogens with one attached hydrogen (secondary N) is 1. The molecule has 0 aliphatic carbocycles. The number of carbonyl (C=O) groups excluding carboxylic acids is 2. The predicted molar refractivity (Wildman–Crippen MR) is 87.2 cm³/mol. The molecule has 2 amide bonds. The van der Waals surface area contributed by atoms with Crippen LogP contribution in [-0.2, 0) is 9.59 Å². The molecule has 22 heavy (non-hydrogen) atoms. The molecule has 5 nitrogen and oxygen atoms in total. The molecule has 118 valence electrons. The Morgan fingerprint density at radius 3 is 2.55 bits per heavy atom. The second-order valence-electron chi connectivity index (χ2n) is 6.33. The summed E-state index contributed by atoms with van der Waals surface area (Å²) in [5, 5.41) is 3.23. The van der Waals surface area contributed by atoms with Crippen molar-refractivity contribution in [1.82, 2.24) is 4.90 Å². The Hall–Kier alpha value is -2.04. The van der Waals surface area contributed by atoms with E-state index in [9.17, 15) is 9.59 Å². The fourth-order valence-corrected chi connectivity index (χ4v) is 3.15. The highest BCUT2D eigenvalue weighted by Crippen LogP contribution is 2.34. The normalized spacial score (nSPS) is 20.9. The van der Waals surface area contributed by atoms with Crippen LogP contribution in [0.2, 0.25) is 0 Å². The van der Waals surface area contributed by atoms with Crippen LogP contribution in [0.3, 0.4) is 0 Å². The van der Waals surface area contributed by atoms with Crippen LogP contribution in [0.25, 0.3) is 0 Å². The molecule has 2 heterocycles. The molecule has 1 unspecified atom stereocenters. The molecule has 0 radical (unpaired) electrons. The largest absolute Gasteiger partial charge is 0.372 e. The molecule has 0 aromatic heterocycles. The third-order valence-corrected chi connectivity index (χ3v) is 4.66. The summed E-state index contributed by atoms with van der Waals surface area (Å²) >= 11 is 0. The summed E-state index contributed by atoms with van der Waals surface area (Å²) in [4.78, 5) is 28.5. The Labute approximate surface area is 131 Å². The lowest BCUT2D eigenvalue weighted by Crippen LogP contribution is -2.50. The van der Waals surface area contributed by atoms with Crippen molar-refractivity contribution in [3.05, 3.63) is 23.3 Å². The minimum Gasteiger partial charge on any atom is -0.372 e. The van der Waals surface area contributed by atoms with Gasteiger partial charge in [0, 0.05) is 13.1 Å². The van der Waals surface area contributed by atoms with Gasteiger partial charge in [0.1, 0.15) is 12.6 Å². The molecule has 1 N–H and O–H groups in total. The summed E-state index contributed by atoms with van der Waals surface area (Å²) < 4.78 is 0. The Kier molecular flexibility index (Phi) is 3.81. The highest BCUT2D eigenvalue weighted by Gasteiger charge is 2.32. The Balaban J connectivity index is 1.90. The summed E-state index contributed by atoms with van der Waals surface area (Å²) in [7, 11) is 0. The van der Waals surface area contributed by atoms with Crippen molar-refractivity contribution in [1.29, 1.82) is 0 Å². The van der Waals surface area contributed by atoms with Crippen molar-refractivity contribution >= 4 is 23.2 Å². The lowest BCUT2D eigenvalue weighted by atomic mass is 10.0. The maximum Gasteiger partial charge on any atom is 0.249 e. The van der Waals surface area contributed by atoms with Crippen LogP contribution < -0.4 is 10.2 Å². The topological polar surface area (TPSA) is 52.7 Å². The van der Waals surface area contributed by atoms with Crippen molar-refractivity contribution in [3.63, 3.8) is 0 Å². The van der Waals surface area contributed by atoms with Gasteiger partial charge in [0.25, 0.3) is 0 Å². The van der Waals surface area contributed by atoms with Crippen LogP contribution in [0.4, 0.5) is 11.4 Å². The Morgan fingerprint density at radius 2 is 1.86 bits per heavy atom. The summed E-state index contributed by atoms with van der Waals surface area (Å²) in [6, 6.07) is 3.75. The van der Waals surface area contributed by atoms with E-state index in [0.29, 0.717) is 0 Å².